The third kappa shape index (κ3) is 0.654. The highest BCUT2D eigenvalue weighted by molar-refractivity contribution is 6.51. The van der Waals surface area contributed by atoms with E-state index in [1.54, 1.807) is 0 Å². The van der Waals surface area contributed by atoms with Gasteiger partial charge in [0.15, 0.2) is 23.1 Å². The Morgan fingerprint density at radius 2 is 0.846 bits per heavy atom. The molecule has 4 heteroatoms. The lowest BCUT2D eigenvalue weighted by molar-refractivity contribution is -0.145. The summed E-state index contributed by atoms with van der Waals surface area (Å²) in [6.45, 7) is 0. The molecule has 0 fully saturated rings. The van der Waals surface area contributed by atoms with Crippen LogP contribution in [0.3, 0.4) is 0 Å². The molecule has 4 nitrogen and oxygen atoms in total. The van der Waals surface area contributed by atoms with Gasteiger partial charge in [-0.1, -0.05) is 0 Å². The van der Waals surface area contributed by atoms with Gasteiger partial charge in [0.25, 0.3) is 0 Å². The second-order valence-electron chi connectivity index (χ2n) is 2.87. The summed E-state index contributed by atoms with van der Waals surface area (Å²) >= 11 is 0. The summed E-state index contributed by atoms with van der Waals surface area (Å²) < 4.78 is 0. The van der Waals surface area contributed by atoms with Crippen LogP contribution in [0.1, 0.15) is 0 Å². The predicted molar refractivity (Wildman–Crippen MR) is 40.7 cm³/mol. The maximum atomic E-state index is 11.2. The predicted octanol–water partition coefficient (Wildman–Crippen LogP) is -0.611. The Morgan fingerprint density at radius 1 is 0.615 bits per heavy atom. The molecular formula is C9H4O4. The van der Waals surface area contributed by atoms with Crippen molar-refractivity contribution in [3.8, 4) is 0 Å². The van der Waals surface area contributed by atoms with Crippen molar-refractivity contribution in [1.29, 1.82) is 0 Å². The fourth-order valence-electron chi connectivity index (χ4n) is 1.53. The SMILES string of the molecule is O=C1C=CC(=O)C12C(=O)C=CC2=O. The highest BCUT2D eigenvalue weighted by atomic mass is 16.2. The third-order valence-electron chi connectivity index (χ3n) is 2.25. The Labute approximate surface area is 72.9 Å². The Kier molecular flexibility index (Phi) is 1.26. The first-order valence-electron chi connectivity index (χ1n) is 3.64. The summed E-state index contributed by atoms with van der Waals surface area (Å²) in [4.78, 5) is 45.0. The van der Waals surface area contributed by atoms with Crippen molar-refractivity contribution in [3.05, 3.63) is 24.3 Å². The average molecular weight is 176 g/mol. The van der Waals surface area contributed by atoms with Gasteiger partial charge >= 0.3 is 0 Å². The molecule has 0 radical (unpaired) electrons. The molecular weight excluding hydrogens is 172 g/mol. The lowest BCUT2D eigenvalue weighted by Crippen LogP contribution is -2.44. The largest absolute Gasteiger partial charge is 0.293 e. The van der Waals surface area contributed by atoms with Crippen LogP contribution in [-0.2, 0) is 19.2 Å². The number of carbonyl (C=O) groups excluding carboxylic acids is 4. The molecule has 0 amide bonds. The maximum absolute atomic E-state index is 11.2. The van der Waals surface area contributed by atoms with Crippen LogP contribution in [0.4, 0.5) is 0 Å². The van der Waals surface area contributed by atoms with E-state index in [0.717, 1.165) is 24.3 Å². The van der Waals surface area contributed by atoms with Crippen LogP contribution in [0.2, 0.25) is 0 Å². The number of hydrogen-bond donors (Lipinski definition) is 0. The van der Waals surface area contributed by atoms with Crippen LogP contribution in [0.5, 0.6) is 0 Å². The van der Waals surface area contributed by atoms with Gasteiger partial charge in [0.1, 0.15) is 0 Å². The van der Waals surface area contributed by atoms with E-state index in [-0.39, 0.29) is 0 Å². The van der Waals surface area contributed by atoms with Crippen LogP contribution in [0.15, 0.2) is 24.3 Å². The van der Waals surface area contributed by atoms with Crippen LogP contribution in [-0.4, -0.2) is 23.1 Å². The molecule has 0 saturated carbocycles. The molecule has 64 valence electrons. The van der Waals surface area contributed by atoms with Gasteiger partial charge in [0.2, 0.25) is 5.41 Å². The highest BCUT2D eigenvalue weighted by Gasteiger charge is 2.59. The fraction of sp³-hybridized carbons (Fsp3) is 0.111. The summed E-state index contributed by atoms with van der Waals surface area (Å²) in [6, 6.07) is 0. The van der Waals surface area contributed by atoms with Crippen molar-refractivity contribution in [1.82, 2.24) is 0 Å². The number of rotatable bonds is 0. The van der Waals surface area contributed by atoms with Crippen LogP contribution >= 0.6 is 0 Å². The van der Waals surface area contributed by atoms with Gasteiger partial charge in [-0.3, -0.25) is 19.2 Å². The Bertz CT molecular complexity index is 332. The highest BCUT2D eigenvalue weighted by Crippen LogP contribution is 2.33. The van der Waals surface area contributed by atoms with Gasteiger partial charge in [0.05, 0.1) is 0 Å². The lowest BCUT2D eigenvalue weighted by atomic mass is 9.79. The van der Waals surface area contributed by atoms with E-state index in [4.69, 9.17) is 0 Å². The second kappa shape index (κ2) is 2.10. The minimum atomic E-state index is -2.06. The standard InChI is InChI=1S/C9H4O4/c10-5-1-2-6(11)9(5)7(12)3-4-8(9)13/h1-4H. The molecule has 0 aromatic rings. The van der Waals surface area contributed by atoms with E-state index < -0.39 is 28.5 Å². The molecule has 0 unspecified atom stereocenters. The minimum absolute atomic E-state index is 0.725. The summed E-state index contributed by atoms with van der Waals surface area (Å²) in [7, 11) is 0. The number of carbonyl (C=O) groups is 4. The van der Waals surface area contributed by atoms with E-state index in [9.17, 15) is 19.2 Å². The van der Waals surface area contributed by atoms with Gasteiger partial charge in [-0.25, -0.2) is 0 Å². The Morgan fingerprint density at radius 3 is 1.08 bits per heavy atom. The van der Waals surface area contributed by atoms with E-state index in [1.807, 2.05) is 0 Å². The molecule has 0 saturated heterocycles. The summed E-state index contributed by atoms with van der Waals surface area (Å²) in [5.41, 5.74) is -2.06. The van der Waals surface area contributed by atoms with Crippen molar-refractivity contribution >= 4 is 23.1 Å². The molecule has 2 rings (SSSR count). The molecule has 1 spiro atoms. The zero-order valence-electron chi connectivity index (χ0n) is 6.44. The molecule has 0 bridgehead atoms. The van der Waals surface area contributed by atoms with Crippen LogP contribution in [0.25, 0.3) is 0 Å². The zero-order chi connectivity index (χ0) is 9.64. The van der Waals surface area contributed by atoms with Crippen molar-refractivity contribution in [3.63, 3.8) is 0 Å². The van der Waals surface area contributed by atoms with Gasteiger partial charge < -0.3 is 0 Å². The van der Waals surface area contributed by atoms with Crippen molar-refractivity contribution in [2.75, 3.05) is 0 Å². The molecule has 0 heterocycles. The first-order valence-corrected chi connectivity index (χ1v) is 3.64. The molecule has 0 atom stereocenters. The molecule has 0 aliphatic heterocycles. The maximum Gasteiger partial charge on any atom is 0.219 e. The lowest BCUT2D eigenvalue weighted by Gasteiger charge is -2.14. The van der Waals surface area contributed by atoms with Crippen LogP contribution < -0.4 is 0 Å². The Balaban J connectivity index is 2.65. The number of allylic oxidation sites excluding steroid dienone is 4. The van der Waals surface area contributed by atoms with Crippen molar-refractivity contribution in [2.24, 2.45) is 5.41 Å². The van der Waals surface area contributed by atoms with Crippen molar-refractivity contribution < 1.29 is 19.2 Å². The first-order chi connectivity index (χ1) is 6.10. The van der Waals surface area contributed by atoms with Gasteiger partial charge in [0, 0.05) is 0 Å². The zero-order valence-corrected chi connectivity index (χ0v) is 6.44. The molecule has 2 aliphatic rings. The van der Waals surface area contributed by atoms with E-state index in [2.05, 4.69) is 0 Å². The van der Waals surface area contributed by atoms with Crippen LogP contribution in [0, 0.1) is 5.41 Å². The van der Waals surface area contributed by atoms with E-state index in [0.29, 0.717) is 0 Å². The smallest absolute Gasteiger partial charge is 0.219 e. The summed E-state index contributed by atoms with van der Waals surface area (Å²) in [5, 5.41) is 0. The summed E-state index contributed by atoms with van der Waals surface area (Å²) in [5.74, 6) is -2.90. The molecule has 0 aromatic carbocycles. The second-order valence-corrected chi connectivity index (χ2v) is 2.87. The number of hydrogen-bond acceptors (Lipinski definition) is 4. The third-order valence-corrected chi connectivity index (χ3v) is 2.25. The minimum Gasteiger partial charge on any atom is -0.293 e. The average Bonchev–Trinajstić information content (AvgIpc) is 2.53. The monoisotopic (exact) mass is 176 g/mol. The first kappa shape index (κ1) is 7.79. The normalized spacial score (nSPS) is 24.0. The van der Waals surface area contributed by atoms with Gasteiger partial charge in [-0.2, -0.15) is 0 Å². The molecule has 0 N–H and O–H groups in total. The number of ketones is 4. The summed E-state index contributed by atoms with van der Waals surface area (Å²) in [6.07, 6.45) is 3.91. The topological polar surface area (TPSA) is 68.3 Å². The fourth-order valence-corrected chi connectivity index (χ4v) is 1.53. The van der Waals surface area contributed by atoms with Crippen molar-refractivity contribution in [2.45, 2.75) is 0 Å². The van der Waals surface area contributed by atoms with Gasteiger partial charge in [-0.05, 0) is 24.3 Å². The quantitative estimate of drug-likeness (QED) is 0.461. The molecule has 13 heavy (non-hydrogen) atoms. The molecule has 2 aliphatic carbocycles. The van der Waals surface area contributed by atoms with E-state index in [1.165, 1.54) is 0 Å². The van der Waals surface area contributed by atoms with Gasteiger partial charge in [-0.15, -0.1) is 0 Å². The Hall–Kier alpha value is -1.84. The van der Waals surface area contributed by atoms with E-state index >= 15 is 0 Å². The molecule has 0 aromatic heterocycles.